The molecule has 0 N–H and O–H groups in total. The molecule has 15 heavy (non-hydrogen) atoms. The maximum absolute atomic E-state index is 5.76. The van der Waals surface area contributed by atoms with Gasteiger partial charge in [-0.05, 0) is 27.6 Å². The number of aromatic nitrogens is 2. The summed E-state index contributed by atoms with van der Waals surface area (Å²) in [7, 11) is 0. The second kappa shape index (κ2) is 4.73. The largest absolute Gasteiger partial charge is 0.165 e. The van der Waals surface area contributed by atoms with Gasteiger partial charge < -0.3 is 0 Å². The fraction of sp³-hybridized carbons (Fsp3) is 0.0909. The average Bonchev–Trinajstić information content (AvgIpc) is 2.25. The summed E-state index contributed by atoms with van der Waals surface area (Å²) in [4.78, 5) is 0. The Morgan fingerprint density at radius 3 is 2.53 bits per heavy atom. The SMILES string of the molecule is Clc1nnc(Cc2ccccc2)cc1Br. The molecule has 1 heterocycles. The van der Waals surface area contributed by atoms with Crippen molar-refractivity contribution in [2.45, 2.75) is 6.42 Å². The topological polar surface area (TPSA) is 25.8 Å². The van der Waals surface area contributed by atoms with E-state index in [4.69, 9.17) is 11.6 Å². The number of hydrogen-bond donors (Lipinski definition) is 0. The second-order valence-electron chi connectivity index (χ2n) is 3.14. The van der Waals surface area contributed by atoms with Crippen LogP contribution in [0.15, 0.2) is 40.9 Å². The average molecular weight is 284 g/mol. The van der Waals surface area contributed by atoms with Gasteiger partial charge in [-0.2, -0.15) is 5.10 Å². The zero-order valence-corrected chi connectivity index (χ0v) is 10.2. The van der Waals surface area contributed by atoms with E-state index in [1.54, 1.807) is 0 Å². The lowest BCUT2D eigenvalue weighted by atomic mass is 10.1. The summed E-state index contributed by atoms with van der Waals surface area (Å²) in [5.74, 6) is 0. The lowest BCUT2D eigenvalue weighted by molar-refractivity contribution is 0.931. The molecule has 76 valence electrons. The van der Waals surface area contributed by atoms with Gasteiger partial charge in [0.1, 0.15) is 0 Å². The van der Waals surface area contributed by atoms with Crippen molar-refractivity contribution in [3.05, 3.63) is 57.3 Å². The van der Waals surface area contributed by atoms with Gasteiger partial charge in [-0.15, -0.1) is 5.10 Å². The third-order valence-electron chi connectivity index (χ3n) is 1.98. The second-order valence-corrected chi connectivity index (χ2v) is 4.35. The van der Waals surface area contributed by atoms with Crippen LogP contribution in [-0.4, -0.2) is 10.2 Å². The third kappa shape index (κ3) is 2.76. The summed E-state index contributed by atoms with van der Waals surface area (Å²) in [6.07, 6.45) is 0.767. The van der Waals surface area contributed by atoms with Crippen LogP contribution < -0.4 is 0 Å². The van der Waals surface area contributed by atoms with Gasteiger partial charge in [-0.1, -0.05) is 41.9 Å². The maximum atomic E-state index is 5.76. The van der Waals surface area contributed by atoms with Gasteiger partial charge >= 0.3 is 0 Å². The first kappa shape index (κ1) is 10.6. The van der Waals surface area contributed by atoms with Crippen LogP contribution in [0.25, 0.3) is 0 Å². The van der Waals surface area contributed by atoms with Gasteiger partial charge in [-0.3, -0.25) is 0 Å². The van der Waals surface area contributed by atoms with Gasteiger partial charge in [-0.25, -0.2) is 0 Å². The summed E-state index contributed by atoms with van der Waals surface area (Å²) in [6.45, 7) is 0. The summed E-state index contributed by atoms with van der Waals surface area (Å²) in [6, 6.07) is 12.0. The predicted molar refractivity (Wildman–Crippen MR) is 64.0 cm³/mol. The first-order chi connectivity index (χ1) is 7.25. The number of hydrogen-bond acceptors (Lipinski definition) is 2. The van der Waals surface area contributed by atoms with Crippen molar-refractivity contribution in [1.29, 1.82) is 0 Å². The van der Waals surface area contributed by atoms with Gasteiger partial charge in [0.15, 0.2) is 5.15 Å². The van der Waals surface area contributed by atoms with E-state index >= 15 is 0 Å². The highest BCUT2D eigenvalue weighted by Gasteiger charge is 2.02. The predicted octanol–water partition coefficient (Wildman–Crippen LogP) is 3.48. The molecule has 0 radical (unpaired) electrons. The van der Waals surface area contributed by atoms with E-state index in [1.165, 1.54) is 5.56 Å². The zero-order chi connectivity index (χ0) is 10.7. The molecule has 0 saturated heterocycles. The lowest BCUT2D eigenvalue weighted by Crippen LogP contribution is -1.95. The molecular formula is C11H8BrClN2. The smallest absolute Gasteiger partial charge is 0.154 e. The van der Waals surface area contributed by atoms with Crippen molar-refractivity contribution >= 4 is 27.5 Å². The minimum Gasteiger partial charge on any atom is -0.154 e. The molecule has 2 nitrogen and oxygen atoms in total. The quantitative estimate of drug-likeness (QED) is 0.843. The number of nitrogens with zero attached hydrogens (tertiary/aromatic N) is 2. The van der Waals surface area contributed by atoms with E-state index in [1.807, 2.05) is 24.3 Å². The van der Waals surface area contributed by atoms with Crippen molar-refractivity contribution in [2.24, 2.45) is 0 Å². The highest BCUT2D eigenvalue weighted by atomic mass is 79.9. The van der Waals surface area contributed by atoms with Crippen LogP contribution in [0.4, 0.5) is 0 Å². The third-order valence-corrected chi connectivity index (χ3v) is 3.10. The maximum Gasteiger partial charge on any atom is 0.165 e. The molecule has 1 aromatic heterocycles. The normalized spacial score (nSPS) is 10.3. The van der Waals surface area contributed by atoms with Crippen molar-refractivity contribution in [3.63, 3.8) is 0 Å². The van der Waals surface area contributed by atoms with Crippen LogP contribution in [-0.2, 0) is 6.42 Å². The molecular weight excluding hydrogens is 275 g/mol. The Morgan fingerprint density at radius 2 is 1.87 bits per heavy atom. The number of benzene rings is 1. The Hall–Kier alpha value is -0.930. The van der Waals surface area contributed by atoms with Gasteiger partial charge in [0.05, 0.1) is 10.2 Å². The van der Waals surface area contributed by atoms with Gasteiger partial charge in [0.2, 0.25) is 0 Å². The van der Waals surface area contributed by atoms with Crippen LogP contribution in [0.1, 0.15) is 11.3 Å². The fourth-order valence-electron chi connectivity index (χ4n) is 1.28. The number of halogens is 2. The molecule has 0 saturated carbocycles. The molecule has 0 aliphatic heterocycles. The molecule has 0 bridgehead atoms. The van der Waals surface area contributed by atoms with Gasteiger partial charge in [0.25, 0.3) is 0 Å². The highest BCUT2D eigenvalue weighted by Crippen LogP contribution is 2.20. The van der Waals surface area contributed by atoms with Crippen molar-refractivity contribution in [3.8, 4) is 0 Å². The molecule has 0 fully saturated rings. The van der Waals surface area contributed by atoms with Gasteiger partial charge in [0, 0.05) is 6.42 Å². The van der Waals surface area contributed by atoms with Crippen LogP contribution in [0.2, 0.25) is 5.15 Å². The van der Waals surface area contributed by atoms with E-state index < -0.39 is 0 Å². The molecule has 2 aromatic rings. The Morgan fingerprint density at radius 1 is 1.13 bits per heavy atom. The first-order valence-electron chi connectivity index (χ1n) is 4.47. The Kier molecular flexibility index (Phi) is 3.34. The van der Waals surface area contributed by atoms with E-state index in [-0.39, 0.29) is 0 Å². The molecule has 1 aromatic carbocycles. The molecule has 2 rings (SSSR count). The fourth-order valence-corrected chi connectivity index (χ4v) is 1.72. The van der Waals surface area contributed by atoms with Crippen molar-refractivity contribution in [1.82, 2.24) is 10.2 Å². The van der Waals surface area contributed by atoms with Crippen LogP contribution in [0.3, 0.4) is 0 Å². The molecule has 4 heteroatoms. The molecule has 0 atom stereocenters. The van der Waals surface area contributed by atoms with E-state index in [2.05, 4.69) is 38.3 Å². The first-order valence-corrected chi connectivity index (χ1v) is 5.64. The van der Waals surface area contributed by atoms with Crippen LogP contribution in [0, 0.1) is 0 Å². The summed E-state index contributed by atoms with van der Waals surface area (Å²) >= 11 is 9.09. The standard InChI is InChI=1S/C11H8BrClN2/c12-10-7-9(14-15-11(10)13)6-8-4-2-1-3-5-8/h1-5,7H,6H2. The molecule has 0 aliphatic rings. The lowest BCUT2D eigenvalue weighted by Gasteiger charge is -2.01. The Balaban J connectivity index is 2.22. The summed E-state index contributed by atoms with van der Waals surface area (Å²) in [5, 5.41) is 8.26. The van der Waals surface area contributed by atoms with E-state index in [0.717, 1.165) is 16.6 Å². The Labute approximate surface area is 101 Å². The zero-order valence-electron chi connectivity index (χ0n) is 7.82. The molecule has 0 spiro atoms. The molecule has 0 amide bonds. The minimum atomic E-state index is 0.395. The Bertz CT molecular complexity index is 459. The summed E-state index contributed by atoms with van der Waals surface area (Å²) < 4.78 is 0.782. The minimum absolute atomic E-state index is 0.395. The van der Waals surface area contributed by atoms with Crippen LogP contribution in [0.5, 0.6) is 0 Å². The van der Waals surface area contributed by atoms with Crippen molar-refractivity contribution in [2.75, 3.05) is 0 Å². The molecule has 0 aliphatic carbocycles. The van der Waals surface area contributed by atoms with E-state index in [9.17, 15) is 0 Å². The monoisotopic (exact) mass is 282 g/mol. The van der Waals surface area contributed by atoms with E-state index in [0.29, 0.717) is 5.15 Å². The number of rotatable bonds is 2. The molecule has 0 unspecified atom stereocenters. The highest BCUT2D eigenvalue weighted by molar-refractivity contribution is 9.10. The van der Waals surface area contributed by atoms with Crippen LogP contribution >= 0.6 is 27.5 Å². The summed E-state index contributed by atoms with van der Waals surface area (Å²) in [5.41, 5.74) is 2.11. The van der Waals surface area contributed by atoms with Crippen molar-refractivity contribution < 1.29 is 0 Å².